The molecule has 0 fully saturated rings. The van der Waals surface area contributed by atoms with E-state index in [2.05, 4.69) is 25.3 Å². The molecular formula is C18H20FN7O3. The maximum absolute atomic E-state index is 12.4. The predicted molar refractivity (Wildman–Crippen MR) is 102 cm³/mol. The number of aromatic nitrogens is 3. The van der Waals surface area contributed by atoms with E-state index in [1.807, 2.05) is 0 Å². The molecule has 3 N–H and O–H groups in total. The SMILES string of the molecule is CN1C(=O)CC(C)(c2cc(NC(=O)c3cnc(OCCF)cn3)ccn2)N=C1N. The lowest BCUT2D eigenvalue weighted by Crippen LogP contribution is -2.47. The molecule has 0 aromatic carbocycles. The van der Waals surface area contributed by atoms with E-state index < -0.39 is 18.1 Å². The number of rotatable bonds is 6. The highest BCUT2D eigenvalue weighted by molar-refractivity contribution is 6.02. The van der Waals surface area contributed by atoms with Crippen molar-refractivity contribution in [3.05, 3.63) is 42.1 Å². The first-order chi connectivity index (χ1) is 13.8. The Balaban J connectivity index is 1.76. The molecule has 3 rings (SSSR count). The van der Waals surface area contributed by atoms with Gasteiger partial charge in [0.05, 0.1) is 24.5 Å². The number of hydrogen-bond acceptors (Lipinski definition) is 8. The molecule has 0 spiro atoms. The molecule has 152 valence electrons. The van der Waals surface area contributed by atoms with Crippen molar-refractivity contribution in [2.24, 2.45) is 10.7 Å². The number of guanidine groups is 1. The second-order valence-corrected chi connectivity index (χ2v) is 6.53. The molecule has 2 aromatic rings. The molecule has 2 aromatic heterocycles. The summed E-state index contributed by atoms with van der Waals surface area (Å²) in [6.07, 6.45) is 4.07. The lowest BCUT2D eigenvalue weighted by molar-refractivity contribution is -0.128. The van der Waals surface area contributed by atoms with Crippen LogP contribution in [0.3, 0.4) is 0 Å². The van der Waals surface area contributed by atoms with Crippen molar-refractivity contribution in [2.75, 3.05) is 25.6 Å². The van der Waals surface area contributed by atoms with Crippen LogP contribution >= 0.6 is 0 Å². The van der Waals surface area contributed by atoms with Gasteiger partial charge < -0.3 is 15.8 Å². The highest BCUT2D eigenvalue weighted by Gasteiger charge is 2.37. The van der Waals surface area contributed by atoms with E-state index >= 15 is 0 Å². The maximum Gasteiger partial charge on any atom is 0.275 e. The summed E-state index contributed by atoms with van der Waals surface area (Å²) in [5, 5.41) is 2.69. The summed E-state index contributed by atoms with van der Waals surface area (Å²) in [6, 6.07) is 3.22. The Hall–Kier alpha value is -3.63. The number of carbonyl (C=O) groups is 2. The van der Waals surface area contributed by atoms with Gasteiger partial charge in [-0.15, -0.1) is 0 Å². The zero-order valence-corrected chi connectivity index (χ0v) is 15.9. The van der Waals surface area contributed by atoms with E-state index in [0.29, 0.717) is 11.4 Å². The fourth-order valence-electron chi connectivity index (χ4n) is 2.71. The number of anilines is 1. The monoisotopic (exact) mass is 401 g/mol. The average Bonchev–Trinajstić information content (AvgIpc) is 2.71. The minimum Gasteiger partial charge on any atom is -0.474 e. The van der Waals surface area contributed by atoms with Crippen molar-refractivity contribution in [1.29, 1.82) is 0 Å². The van der Waals surface area contributed by atoms with Crippen LogP contribution in [0.4, 0.5) is 10.1 Å². The number of pyridine rings is 1. The van der Waals surface area contributed by atoms with Crippen LogP contribution in [-0.2, 0) is 10.3 Å². The molecule has 2 amide bonds. The van der Waals surface area contributed by atoms with Crippen LogP contribution in [0.25, 0.3) is 0 Å². The number of nitrogens with zero attached hydrogens (tertiary/aromatic N) is 5. The lowest BCUT2D eigenvalue weighted by atomic mass is 9.91. The van der Waals surface area contributed by atoms with E-state index in [-0.39, 0.29) is 36.5 Å². The van der Waals surface area contributed by atoms with Crippen molar-refractivity contribution < 1.29 is 18.7 Å². The van der Waals surface area contributed by atoms with E-state index in [4.69, 9.17) is 10.5 Å². The molecular weight excluding hydrogens is 381 g/mol. The average molecular weight is 401 g/mol. The summed E-state index contributed by atoms with van der Waals surface area (Å²) in [4.78, 5) is 42.4. The molecule has 0 radical (unpaired) electrons. The highest BCUT2D eigenvalue weighted by atomic mass is 19.1. The van der Waals surface area contributed by atoms with Gasteiger partial charge in [-0.25, -0.2) is 19.4 Å². The molecule has 0 bridgehead atoms. The van der Waals surface area contributed by atoms with Crippen LogP contribution in [0, 0.1) is 0 Å². The standard InChI is InChI=1S/C18H20FN7O3/c1-18(8-15(27)26(2)17(20)25-18)13-7-11(3-5-21-13)24-16(28)12-9-23-14(10-22-12)29-6-4-19/h3,5,7,9-10H,4,6,8H2,1-2H3,(H2,20,25)(H,21,24,28). The minimum atomic E-state index is -0.941. The molecule has 0 saturated carbocycles. The molecule has 1 aliphatic rings. The molecule has 29 heavy (non-hydrogen) atoms. The molecule has 0 aliphatic carbocycles. The van der Waals surface area contributed by atoms with Crippen LogP contribution in [0.15, 0.2) is 35.7 Å². The number of carbonyl (C=O) groups excluding carboxylic acids is 2. The van der Waals surface area contributed by atoms with Crippen LogP contribution in [0.1, 0.15) is 29.5 Å². The smallest absolute Gasteiger partial charge is 0.275 e. The fourth-order valence-corrected chi connectivity index (χ4v) is 2.71. The summed E-state index contributed by atoms with van der Waals surface area (Å²) in [5.74, 6) is -0.452. The van der Waals surface area contributed by atoms with E-state index in [1.54, 1.807) is 26.1 Å². The van der Waals surface area contributed by atoms with Gasteiger partial charge in [-0.2, -0.15) is 0 Å². The van der Waals surface area contributed by atoms with Crippen LogP contribution in [0.5, 0.6) is 5.88 Å². The van der Waals surface area contributed by atoms with Crippen molar-refractivity contribution in [2.45, 2.75) is 18.9 Å². The molecule has 1 unspecified atom stereocenters. The Labute approximate surface area is 166 Å². The van der Waals surface area contributed by atoms with Gasteiger partial charge in [-0.3, -0.25) is 19.5 Å². The summed E-state index contributed by atoms with van der Waals surface area (Å²) in [5.41, 5.74) is 5.88. The second kappa shape index (κ2) is 8.17. The Morgan fingerprint density at radius 2 is 2.17 bits per heavy atom. The Morgan fingerprint density at radius 3 is 2.83 bits per heavy atom. The van der Waals surface area contributed by atoms with Crippen LogP contribution in [0.2, 0.25) is 0 Å². The zero-order valence-electron chi connectivity index (χ0n) is 15.9. The van der Waals surface area contributed by atoms with Crippen molar-refractivity contribution >= 4 is 23.5 Å². The number of ether oxygens (including phenoxy) is 1. The number of alkyl halides is 1. The van der Waals surface area contributed by atoms with Crippen LogP contribution < -0.4 is 15.8 Å². The van der Waals surface area contributed by atoms with Gasteiger partial charge >= 0.3 is 0 Å². The molecule has 10 nitrogen and oxygen atoms in total. The number of halogens is 1. The van der Waals surface area contributed by atoms with Gasteiger partial charge in [0.1, 0.15) is 24.5 Å². The third-order valence-corrected chi connectivity index (χ3v) is 4.33. The van der Waals surface area contributed by atoms with Gasteiger partial charge in [-0.1, -0.05) is 0 Å². The van der Waals surface area contributed by atoms with E-state index in [0.717, 1.165) is 0 Å². The first-order valence-electron chi connectivity index (χ1n) is 8.73. The summed E-state index contributed by atoms with van der Waals surface area (Å²) in [6.45, 7) is 0.967. The normalized spacial score (nSPS) is 18.9. The fraction of sp³-hybridized carbons (Fsp3) is 0.333. The number of nitrogens with one attached hydrogen (secondary N) is 1. The number of aliphatic imine (C=N–C) groups is 1. The molecule has 1 aliphatic heterocycles. The van der Waals surface area contributed by atoms with Crippen LogP contribution in [-0.4, -0.2) is 58.0 Å². The topological polar surface area (TPSA) is 136 Å². The minimum absolute atomic E-state index is 0.0545. The second-order valence-electron chi connectivity index (χ2n) is 6.53. The molecule has 3 heterocycles. The number of amides is 2. The Bertz CT molecular complexity index is 951. The number of hydrogen-bond donors (Lipinski definition) is 2. The van der Waals surface area contributed by atoms with Gasteiger partial charge in [0.2, 0.25) is 11.8 Å². The quantitative estimate of drug-likeness (QED) is 0.733. The van der Waals surface area contributed by atoms with E-state index in [1.165, 1.54) is 23.5 Å². The van der Waals surface area contributed by atoms with Crippen molar-refractivity contribution in [3.8, 4) is 5.88 Å². The lowest BCUT2D eigenvalue weighted by Gasteiger charge is -2.32. The Morgan fingerprint density at radius 1 is 1.38 bits per heavy atom. The predicted octanol–water partition coefficient (Wildman–Crippen LogP) is 0.864. The first kappa shape index (κ1) is 20.1. The van der Waals surface area contributed by atoms with E-state index in [9.17, 15) is 14.0 Å². The maximum atomic E-state index is 12.4. The largest absolute Gasteiger partial charge is 0.474 e. The molecule has 11 heteroatoms. The summed E-state index contributed by atoms with van der Waals surface area (Å²) in [7, 11) is 1.56. The summed E-state index contributed by atoms with van der Waals surface area (Å²) >= 11 is 0. The van der Waals surface area contributed by atoms with Gasteiger partial charge in [0, 0.05) is 18.9 Å². The Kier molecular flexibility index (Phi) is 5.66. The highest BCUT2D eigenvalue weighted by Crippen LogP contribution is 2.32. The number of nitrogens with two attached hydrogens (primary N) is 1. The third-order valence-electron chi connectivity index (χ3n) is 4.33. The molecule has 1 atom stereocenters. The van der Waals surface area contributed by atoms with Crippen molar-refractivity contribution in [3.63, 3.8) is 0 Å². The van der Waals surface area contributed by atoms with Gasteiger partial charge in [0.15, 0.2) is 5.96 Å². The van der Waals surface area contributed by atoms with Gasteiger partial charge in [-0.05, 0) is 19.1 Å². The summed E-state index contributed by atoms with van der Waals surface area (Å²) < 4.78 is 17.1. The third kappa shape index (κ3) is 4.45. The zero-order chi connectivity index (χ0) is 21.0. The van der Waals surface area contributed by atoms with Crippen molar-refractivity contribution in [1.82, 2.24) is 19.9 Å². The molecule has 0 saturated heterocycles. The first-order valence-corrected chi connectivity index (χ1v) is 8.73. The van der Waals surface area contributed by atoms with Gasteiger partial charge in [0.25, 0.3) is 5.91 Å².